The lowest BCUT2D eigenvalue weighted by atomic mass is 10.1. The van der Waals surface area contributed by atoms with Crippen LogP contribution in [-0.4, -0.2) is 30.3 Å². The number of allylic oxidation sites excluding steroid dienone is 1. The number of benzene rings is 1. The van der Waals surface area contributed by atoms with Crippen molar-refractivity contribution in [1.29, 1.82) is 0 Å². The van der Waals surface area contributed by atoms with Crippen molar-refractivity contribution in [3.05, 3.63) is 42.9 Å². The molecule has 7 heteroatoms. The standard InChI is InChI=1S/C19H21N3O4/c1-2-8-22(19(25)21-14-24)18-13-20-12-15-11-16(6-7-17(15)18)26-10-5-3-4-9-23/h2,6-9,11-14H,3-5,10H2,1H3,(H,21,24,25)/b8-2-. The number of imide groups is 1. The first-order valence-corrected chi connectivity index (χ1v) is 8.31. The predicted octanol–water partition coefficient (Wildman–Crippen LogP) is 3.19. The van der Waals surface area contributed by atoms with Gasteiger partial charge in [0.15, 0.2) is 0 Å². The first kappa shape index (κ1) is 19.1. The highest BCUT2D eigenvalue weighted by Crippen LogP contribution is 2.29. The molecule has 1 aromatic carbocycles. The molecule has 0 unspecified atom stereocenters. The van der Waals surface area contributed by atoms with Gasteiger partial charge < -0.3 is 9.53 Å². The number of fused-ring (bicyclic) bond motifs is 1. The van der Waals surface area contributed by atoms with Crippen LogP contribution in [0.1, 0.15) is 26.2 Å². The molecule has 0 aliphatic carbocycles. The van der Waals surface area contributed by atoms with Gasteiger partial charge in [0, 0.05) is 29.6 Å². The van der Waals surface area contributed by atoms with Crippen LogP contribution in [0.5, 0.6) is 5.75 Å². The van der Waals surface area contributed by atoms with Crippen molar-refractivity contribution in [3.8, 4) is 5.75 Å². The fourth-order valence-corrected chi connectivity index (χ4v) is 2.47. The van der Waals surface area contributed by atoms with Crippen molar-refractivity contribution in [2.45, 2.75) is 26.2 Å². The number of ether oxygens (including phenoxy) is 1. The molecule has 1 aromatic heterocycles. The zero-order valence-electron chi connectivity index (χ0n) is 14.6. The molecule has 0 atom stereocenters. The molecule has 0 fully saturated rings. The number of hydrogen-bond acceptors (Lipinski definition) is 5. The molecule has 0 saturated carbocycles. The third-order valence-electron chi connectivity index (χ3n) is 3.65. The van der Waals surface area contributed by atoms with E-state index in [4.69, 9.17) is 4.74 Å². The molecular formula is C19H21N3O4. The molecule has 0 bridgehead atoms. The highest BCUT2D eigenvalue weighted by Gasteiger charge is 2.15. The van der Waals surface area contributed by atoms with Crippen molar-refractivity contribution in [3.63, 3.8) is 0 Å². The van der Waals surface area contributed by atoms with Gasteiger partial charge in [-0.1, -0.05) is 6.08 Å². The summed E-state index contributed by atoms with van der Waals surface area (Å²) in [5, 5.41) is 3.73. The molecule has 136 valence electrons. The lowest BCUT2D eigenvalue weighted by molar-refractivity contribution is -0.109. The van der Waals surface area contributed by atoms with Crippen LogP contribution in [0.2, 0.25) is 0 Å². The topological polar surface area (TPSA) is 88.6 Å². The van der Waals surface area contributed by atoms with E-state index in [1.165, 1.54) is 4.90 Å². The van der Waals surface area contributed by atoms with Gasteiger partial charge >= 0.3 is 6.03 Å². The largest absolute Gasteiger partial charge is 0.494 e. The fraction of sp³-hybridized carbons (Fsp3) is 0.263. The lowest BCUT2D eigenvalue weighted by Crippen LogP contribution is -2.35. The maximum Gasteiger partial charge on any atom is 0.332 e. The summed E-state index contributed by atoms with van der Waals surface area (Å²) < 4.78 is 5.70. The smallest absolute Gasteiger partial charge is 0.332 e. The van der Waals surface area contributed by atoms with E-state index in [0.29, 0.717) is 30.9 Å². The molecule has 0 aliphatic heterocycles. The van der Waals surface area contributed by atoms with Crippen LogP contribution in [0.3, 0.4) is 0 Å². The second-order valence-electron chi connectivity index (χ2n) is 5.47. The monoisotopic (exact) mass is 355 g/mol. The number of hydrogen-bond donors (Lipinski definition) is 1. The number of nitrogens with one attached hydrogen (secondary N) is 1. The van der Waals surface area contributed by atoms with Crippen LogP contribution in [0.25, 0.3) is 10.8 Å². The van der Waals surface area contributed by atoms with Gasteiger partial charge in [0.1, 0.15) is 12.0 Å². The Hall–Kier alpha value is -3.22. The highest BCUT2D eigenvalue weighted by molar-refractivity contribution is 6.06. The van der Waals surface area contributed by atoms with Crippen LogP contribution < -0.4 is 15.0 Å². The Morgan fingerprint density at radius 2 is 2.12 bits per heavy atom. The summed E-state index contributed by atoms with van der Waals surface area (Å²) in [5.41, 5.74) is 0.553. The number of amides is 3. The zero-order valence-corrected chi connectivity index (χ0v) is 14.6. The molecular weight excluding hydrogens is 334 g/mol. The molecule has 0 saturated heterocycles. The van der Waals surface area contributed by atoms with Gasteiger partial charge in [0.05, 0.1) is 18.5 Å². The van der Waals surface area contributed by atoms with Gasteiger partial charge in [0.2, 0.25) is 6.41 Å². The number of aldehydes is 1. The SMILES string of the molecule is C/C=C\N(C(=O)NC=O)c1cncc2cc(OCCCCC=O)ccc12. The van der Waals surface area contributed by atoms with E-state index in [1.807, 2.05) is 18.2 Å². The van der Waals surface area contributed by atoms with E-state index in [-0.39, 0.29) is 0 Å². The highest BCUT2D eigenvalue weighted by atomic mass is 16.5. The Labute approximate surface area is 151 Å². The second-order valence-corrected chi connectivity index (χ2v) is 5.47. The summed E-state index contributed by atoms with van der Waals surface area (Å²) in [4.78, 5) is 38.5. The number of nitrogens with zero attached hydrogens (tertiary/aromatic N) is 2. The summed E-state index contributed by atoms with van der Waals surface area (Å²) in [6.45, 7) is 2.30. The molecule has 2 rings (SSSR count). The number of rotatable bonds is 9. The van der Waals surface area contributed by atoms with Crippen molar-refractivity contribution in [2.75, 3.05) is 11.5 Å². The molecule has 2 aromatic rings. The zero-order chi connectivity index (χ0) is 18.8. The molecule has 0 aliphatic rings. The first-order chi connectivity index (χ1) is 12.7. The Bertz CT molecular complexity index is 804. The van der Waals surface area contributed by atoms with Gasteiger partial charge in [-0.15, -0.1) is 0 Å². The number of pyridine rings is 1. The molecule has 7 nitrogen and oxygen atoms in total. The average molecular weight is 355 g/mol. The first-order valence-electron chi connectivity index (χ1n) is 8.31. The summed E-state index contributed by atoms with van der Waals surface area (Å²) in [7, 11) is 0. The van der Waals surface area contributed by atoms with Crippen LogP contribution >= 0.6 is 0 Å². The van der Waals surface area contributed by atoms with Gasteiger partial charge in [-0.25, -0.2) is 4.79 Å². The Morgan fingerprint density at radius 1 is 1.27 bits per heavy atom. The Balaban J connectivity index is 2.25. The summed E-state index contributed by atoms with van der Waals surface area (Å²) in [6.07, 6.45) is 9.89. The molecule has 0 spiro atoms. The second kappa shape index (κ2) is 9.93. The number of aromatic nitrogens is 1. The predicted molar refractivity (Wildman–Crippen MR) is 99.0 cm³/mol. The Kier molecular flexibility index (Phi) is 7.30. The minimum atomic E-state index is -0.567. The third kappa shape index (κ3) is 4.89. The quantitative estimate of drug-likeness (QED) is 0.551. The minimum Gasteiger partial charge on any atom is -0.494 e. The molecule has 26 heavy (non-hydrogen) atoms. The summed E-state index contributed by atoms with van der Waals surface area (Å²) in [5.74, 6) is 0.692. The number of carbonyl (C=O) groups excluding carboxylic acids is 3. The molecule has 1 heterocycles. The number of unbranched alkanes of at least 4 members (excludes halogenated alkanes) is 2. The van der Waals surface area contributed by atoms with Gasteiger partial charge in [-0.05, 0) is 38.0 Å². The molecule has 1 N–H and O–H groups in total. The van der Waals surface area contributed by atoms with Crippen molar-refractivity contribution >= 4 is 35.2 Å². The van der Waals surface area contributed by atoms with E-state index < -0.39 is 6.03 Å². The van der Waals surface area contributed by atoms with Crippen LogP contribution in [0, 0.1) is 0 Å². The van der Waals surface area contributed by atoms with Crippen molar-refractivity contribution < 1.29 is 19.1 Å². The lowest BCUT2D eigenvalue weighted by Gasteiger charge is -2.19. The molecule has 0 radical (unpaired) electrons. The van der Waals surface area contributed by atoms with Crippen LogP contribution in [-0.2, 0) is 9.59 Å². The van der Waals surface area contributed by atoms with E-state index in [9.17, 15) is 14.4 Å². The van der Waals surface area contributed by atoms with Gasteiger partial charge in [0.25, 0.3) is 0 Å². The molecule has 3 amide bonds. The van der Waals surface area contributed by atoms with Gasteiger partial charge in [-0.2, -0.15) is 0 Å². The normalized spacial score (nSPS) is 10.7. The van der Waals surface area contributed by atoms with Crippen molar-refractivity contribution in [2.24, 2.45) is 0 Å². The van der Waals surface area contributed by atoms with Crippen LogP contribution in [0.15, 0.2) is 42.9 Å². The maximum absolute atomic E-state index is 12.1. The van der Waals surface area contributed by atoms with Crippen molar-refractivity contribution in [1.82, 2.24) is 10.3 Å². The number of urea groups is 1. The van der Waals surface area contributed by atoms with E-state index in [2.05, 4.69) is 10.3 Å². The number of anilines is 1. The fourth-order valence-electron chi connectivity index (χ4n) is 2.47. The number of carbonyl (C=O) groups is 3. The Morgan fingerprint density at radius 3 is 2.85 bits per heavy atom. The van der Waals surface area contributed by atoms with Crippen LogP contribution in [0.4, 0.5) is 10.5 Å². The van der Waals surface area contributed by atoms with E-state index >= 15 is 0 Å². The summed E-state index contributed by atoms with van der Waals surface area (Å²) in [6, 6.07) is 4.94. The third-order valence-corrected chi connectivity index (χ3v) is 3.65. The average Bonchev–Trinajstić information content (AvgIpc) is 2.65. The minimum absolute atomic E-state index is 0.341. The van der Waals surface area contributed by atoms with Gasteiger partial charge in [-0.3, -0.25) is 20.0 Å². The summed E-state index contributed by atoms with van der Waals surface area (Å²) >= 11 is 0. The van der Waals surface area contributed by atoms with E-state index in [1.54, 1.807) is 31.6 Å². The van der Waals surface area contributed by atoms with E-state index in [0.717, 1.165) is 29.9 Å². The maximum atomic E-state index is 12.1.